The van der Waals surface area contributed by atoms with Crippen LogP contribution in [-0.4, -0.2) is 25.3 Å². The summed E-state index contributed by atoms with van der Waals surface area (Å²) in [5, 5.41) is 0. The van der Waals surface area contributed by atoms with Crippen LogP contribution in [0, 0.1) is 5.92 Å². The van der Waals surface area contributed by atoms with E-state index >= 15 is 0 Å². The molecule has 0 amide bonds. The minimum atomic E-state index is -0.337. The topological polar surface area (TPSA) is 38.8 Å². The second kappa shape index (κ2) is 9.56. The lowest BCUT2D eigenvalue weighted by Gasteiger charge is -1.99. The normalized spacial score (nSPS) is 25.6. The lowest BCUT2D eigenvalue weighted by atomic mass is 10.1. The summed E-state index contributed by atoms with van der Waals surface area (Å²) in [7, 11) is 0. The molecule has 1 aliphatic heterocycles. The molecule has 1 aliphatic carbocycles. The van der Waals surface area contributed by atoms with Gasteiger partial charge in [0.25, 0.3) is 0 Å². The van der Waals surface area contributed by atoms with Gasteiger partial charge in [-0.25, -0.2) is 4.79 Å². The van der Waals surface area contributed by atoms with E-state index in [0.717, 1.165) is 12.3 Å². The Bertz CT molecular complexity index is 403. The van der Waals surface area contributed by atoms with Gasteiger partial charge in [-0.1, -0.05) is 37.3 Å². The van der Waals surface area contributed by atoms with E-state index in [1.54, 1.807) is 12.5 Å². The van der Waals surface area contributed by atoms with Crippen molar-refractivity contribution in [2.24, 2.45) is 5.92 Å². The fourth-order valence-electron chi connectivity index (χ4n) is 2.10. The van der Waals surface area contributed by atoms with Gasteiger partial charge in [-0.2, -0.15) is 0 Å². The van der Waals surface area contributed by atoms with Crippen LogP contribution in [0.3, 0.4) is 0 Å². The van der Waals surface area contributed by atoms with E-state index in [1.165, 1.54) is 19.3 Å². The van der Waals surface area contributed by atoms with Crippen LogP contribution in [0.15, 0.2) is 36.0 Å². The van der Waals surface area contributed by atoms with Crippen molar-refractivity contribution in [2.45, 2.75) is 52.6 Å². The van der Waals surface area contributed by atoms with E-state index in [0.29, 0.717) is 18.8 Å². The Morgan fingerprint density at radius 1 is 1.52 bits per heavy atom. The predicted octanol–water partition coefficient (Wildman–Crippen LogP) is 4.20. The van der Waals surface area contributed by atoms with Crippen LogP contribution in [0.4, 0.5) is 0 Å². The van der Waals surface area contributed by atoms with E-state index in [2.05, 4.69) is 38.7 Å². The number of allylic oxidation sites excluding steroid dienone is 4. The molecular weight excluding hydrogens is 264 g/mol. The van der Waals surface area contributed by atoms with Crippen LogP contribution in [0.25, 0.3) is 0 Å². The summed E-state index contributed by atoms with van der Waals surface area (Å²) in [5.41, 5.74) is 2.11. The molecule has 1 saturated carbocycles. The van der Waals surface area contributed by atoms with Gasteiger partial charge in [0.2, 0.25) is 0 Å². The molecule has 0 spiro atoms. The second-order valence-corrected chi connectivity index (χ2v) is 5.85. The van der Waals surface area contributed by atoms with Gasteiger partial charge in [-0.3, -0.25) is 0 Å². The smallest absolute Gasteiger partial charge is 0.333 e. The number of esters is 1. The second-order valence-electron chi connectivity index (χ2n) is 5.85. The van der Waals surface area contributed by atoms with Crippen molar-refractivity contribution in [3.63, 3.8) is 0 Å². The minimum absolute atomic E-state index is 0.142. The number of carbonyl (C=O) groups excluding carboxylic acids is 1. The molecule has 3 nitrogen and oxygen atoms in total. The van der Waals surface area contributed by atoms with Crippen molar-refractivity contribution >= 4 is 5.97 Å². The zero-order valence-electron chi connectivity index (χ0n) is 13.6. The molecule has 0 N–H and O–H groups in total. The van der Waals surface area contributed by atoms with Crippen LogP contribution in [-0.2, 0) is 14.3 Å². The standard InChI is InChI=1S/C11H18.C7H10O3/c1-3-4-5-6-11-8-7-10(2)9-11;1-5(2)7(8)10-4-6-3-9-6/h3-4,6,10H,5,7-9H2,1-2H3;6H,1,3-4H2,2H3. The summed E-state index contributed by atoms with van der Waals surface area (Å²) in [4.78, 5) is 10.7. The number of hydrogen-bond acceptors (Lipinski definition) is 3. The maximum Gasteiger partial charge on any atom is 0.333 e. The highest BCUT2D eigenvalue weighted by atomic mass is 16.6. The molecule has 2 unspecified atom stereocenters. The van der Waals surface area contributed by atoms with Gasteiger partial charge in [0.05, 0.1) is 6.61 Å². The summed E-state index contributed by atoms with van der Waals surface area (Å²) in [5.74, 6) is 0.599. The molecule has 2 atom stereocenters. The highest BCUT2D eigenvalue weighted by molar-refractivity contribution is 5.86. The number of ether oxygens (including phenoxy) is 2. The molecule has 0 radical (unpaired) electrons. The fourth-order valence-corrected chi connectivity index (χ4v) is 2.10. The van der Waals surface area contributed by atoms with Gasteiger partial charge in [-0.15, -0.1) is 0 Å². The van der Waals surface area contributed by atoms with E-state index in [4.69, 9.17) is 9.47 Å². The van der Waals surface area contributed by atoms with Gasteiger partial charge in [0, 0.05) is 5.57 Å². The Balaban J connectivity index is 0.000000211. The predicted molar refractivity (Wildman–Crippen MR) is 86.0 cm³/mol. The molecule has 0 bridgehead atoms. The highest BCUT2D eigenvalue weighted by Crippen LogP contribution is 2.29. The maximum atomic E-state index is 10.7. The van der Waals surface area contributed by atoms with Crippen LogP contribution >= 0.6 is 0 Å². The first-order valence-corrected chi connectivity index (χ1v) is 7.76. The van der Waals surface area contributed by atoms with E-state index in [9.17, 15) is 4.79 Å². The number of rotatable bonds is 5. The Morgan fingerprint density at radius 2 is 2.24 bits per heavy atom. The molecule has 1 heterocycles. The highest BCUT2D eigenvalue weighted by Gasteiger charge is 2.24. The number of hydrogen-bond donors (Lipinski definition) is 0. The summed E-state index contributed by atoms with van der Waals surface area (Å²) in [6.07, 6.45) is 12.1. The summed E-state index contributed by atoms with van der Waals surface area (Å²) >= 11 is 0. The molecule has 2 aliphatic rings. The summed E-state index contributed by atoms with van der Waals surface area (Å²) < 4.78 is 9.60. The first-order chi connectivity index (χ1) is 10.0. The summed E-state index contributed by atoms with van der Waals surface area (Å²) in [6, 6.07) is 0. The largest absolute Gasteiger partial charge is 0.459 e. The van der Waals surface area contributed by atoms with Gasteiger partial charge < -0.3 is 9.47 Å². The number of epoxide rings is 1. The Morgan fingerprint density at radius 3 is 2.71 bits per heavy atom. The third kappa shape index (κ3) is 8.51. The zero-order chi connectivity index (χ0) is 15.7. The lowest BCUT2D eigenvalue weighted by Crippen LogP contribution is -2.09. The zero-order valence-corrected chi connectivity index (χ0v) is 13.6. The molecule has 2 rings (SSSR count). The maximum absolute atomic E-state index is 10.7. The number of carbonyl (C=O) groups is 1. The van der Waals surface area contributed by atoms with E-state index in [1.807, 2.05) is 0 Å². The minimum Gasteiger partial charge on any atom is -0.459 e. The molecule has 0 aromatic heterocycles. The van der Waals surface area contributed by atoms with Gasteiger partial charge in [-0.05, 0) is 45.4 Å². The van der Waals surface area contributed by atoms with Gasteiger partial charge >= 0.3 is 5.97 Å². The third-order valence-corrected chi connectivity index (χ3v) is 3.50. The van der Waals surface area contributed by atoms with E-state index in [-0.39, 0.29) is 12.1 Å². The van der Waals surface area contributed by atoms with Crippen molar-refractivity contribution in [2.75, 3.05) is 13.2 Å². The van der Waals surface area contributed by atoms with Crippen molar-refractivity contribution in [3.8, 4) is 0 Å². The van der Waals surface area contributed by atoms with Crippen molar-refractivity contribution in [1.29, 1.82) is 0 Å². The molecule has 21 heavy (non-hydrogen) atoms. The average molecular weight is 292 g/mol. The van der Waals surface area contributed by atoms with Gasteiger partial charge in [0.1, 0.15) is 12.7 Å². The lowest BCUT2D eigenvalue weighted by molar-refractivity contribution is -0.139. The first kappa shape index (κ1) is 17.7. The average Bonchev–Trinajstić information content (AvgIpc) is 3.19. The van der Waals surface area contributed by atoms with E-state index < -0.39 is 0 Å². The van der Waals surface area contributed by atoms with Gasteiger partial charge in [0.15, 0.2) is 0 Å². The molecule has 0 aromatic carbocycles. The summed E-state index contributed by atoms with van der Waals surface area (Å²) in [6.45, 7) is 10.6. The third-order valence-electron chi connectivity index (χ3n) is 3.50. The SMILES string of the molecule is C=C(C)C(=O)OCC1CO1.CC=CCC=C1CCC(C)C1. The molecule has 118 valence electrons. The van der Waals surface area contributed by atoms with Crippen LogP contribution < -0.4 is 0 Å². The van der Waals surface area contributed by atoms with Crippen LogP contribution in [0.5, 0.6) is 0 Å². The van der Waals surface area contributed by atoms with Crippen molar-refractivity contribution in [3.05, 3.63) is 36.0 Å². The molecule has 2 fully saturated rings. The van der Waals surface area contributed by atoms with Crippen LogP contribution in [0.2, 0.25) is 0 Å². The van der Waals surface area contributed by atoms with Crippen molar-refractivity contribution in [1.82, 2.24) is 0 Å². The monoisotopic (exact) mass is 292 g/mol. The van der Waals surface area contributed by atoms with Crippen molar-refractivity contribution < 1.29 is 14.3 Å². The quantitative estimate of drug-likeness (QED) is 0.330. The molecule has 0 aromatic rings. The first-order valence-electron chi connectivity index (χ1n) is 7.76. The Hall–Kier alpha value is -1.35. The molecular formula is C18H28O3. The molecule has 1 saturated heterocycles. The Labute approximate surface area is 128 Å². The Kier molecular flexibility index (Phi) is 8.06. The van der Waals surface area contributed by atoms with Crippen LogP contribution in [0.1, 0.15) is 46.5 Å². The molecule has 3 heteroatoms. The fraction of sp³-hybridized carbons (Fsp3) is 0.611.